The molecule has 1 N–H and O–H groups in total. The van der Waals surface area contributed by atoms with Crippen molar-refractivity contribution < 1.29 is 22.8 Å². The van der Waals surface area contributed by atoms with E-state index >= 15 is 0 Å². The van der Waals surface area contributed by atoms with Gasteiger partial charge in [-0.1, -0.05) is 50.4 Å². The second-order valence-corrected chi connectivity index (χ2v) is 11.7. The predicted octanol–water partition coefficient (Wildman–Crippen LogP) is 4.91. The Hall–Kier alpha value is -2.94. The Balaban J connectivity index is 0.00000181. The van der Waals surface area contributed by atoms with E-state index < -0.39 is 5.92 Å². The molecule has 0 bridgehead atoms. The standard InChI is InChI=1S/C27H31ClF2N5O2P.CH2O/c1-4-20(31-2)24(36)35(12-17-5-8-19(28)9-6-17)21-11-18(7-10-22(21)38-3)23-32-33-25(37-23)34-15-26(16-34)13-27(29,30)14-26;1-2/h5-11,20,31,38H,4,12-16H2,1-3H3;1H2/t20-;/m0./s1. The fourth-order valence-electron chi connectivity index (χ4n) is 5.47. The van der Waals surface area contributed by atoms with Crippen LogP contribution in [-0.4, -0.2) is 61.7 Å². The summed E-state index contributed by atoms with van der Waals surface area (Å²) >= 11 is 6.09. The Morgan fingerprint density at radius 2 is 1.88 bits per heavy atom. The Morgan fingerprint density at radius 1 is 1.20 bits per heavy atom. The number of halogens is 3. The van der Waals surface area contributed by atoms with E-state index in [0.29, 0.717) is 57.1 Å². The normalized spacial score (nSPS) is 17.6. The van der Waals surface area contributed by atoms with Crippen molar-refractivity contribution in [2.75, 3.05) is 36.6 Å². The van der Waals surface area contributed by atoms with E-state index in [4.69, 9.17) is 20.8 Å². The van der Waals surface area contributed by atoms with Crippen LogP contribution in [0.5, 0.6) is 0 Å². The third kappa shape index (κ3) is 6.19. The molecule has 2 aromatic carbocycles. The molecule has 3 aromatic rings. The monoisotopic (exact) mass is 591 g/mol. The van der Waals surface area contributed by atoms with Gasteiger partial charge in [0.1, 0.15) is 6.79 Å². The molecule has 2 aliphatic rings. The van der Waals surface area contributed by atoms with Crippen LogP contribution in [0, 0.1) is 5.41 Å². The van der Waals surface area contributed by atoms with Gasteiger partial charge in [-0.3, -0.25) is 4.79 Å². The molecule has 1 aliphatic carbocycles. The van der Waals surface area contributed by atoms with Crippen LogP contribution in [-0.2, 0) is 16.1 Å². The highest BCUT2D eigenvalue weighted by molar-refractivity contribution is 7.46. The van der Waals surface area contributed by atoms with Crippen LogP contribution < -0.4 is 20.4 Å². The number of alkyl halides is 2. The number of rotatable bonds is 9. The largest absolute Gasteiger partial charge is 0.403 e. The highest BCUT2D eigenvalue weighted by atomic mass is 35.5. The molecule has 2 atom stereocenters. The molecule has 1 spiro atoms. The molecule has 8 nitrogen and oxygen atoms in total. The molecule has 40 heavy (non-hydrogen) atoms. The van der Waals surface area contributed by atoms with Gasteiger partial charge in [0.2, 0.25) is 17.7 Å². The van der Waals surface area contributed by atoms with Crippen LogP contribution in [0.4, 0.5) is 20.5 Å². The molecule has 0 radical (unpaired) electrons. The third-order valence-corrected chi connectivity index (χ3v) is 8.60. The van der Waals surface area contributed by atoms with E-state index in [1.165, 1.54) is 0 Å². The predicted molar refractivity (Wildman–Crippen MR) is 155 cm³/mol. The SMILES string of the molecule is C=O.CC[C@H](NC)C(=O)N(Cc1ccc(Cl)cc1)c1cc(-c2nnc(N3CC4(C3)CC(F)(F)C4)o2)ccc1PC. The van der Waals surface area contributed by atoms with Crippen molar-refractivity contribution in [1.29, 1.82) is 0 Å². The van der Waals surface area contributed by atoms with Gasteiger partial charge in [-0.2, -0.15) is 0 Å². The Bertz CT molecular complexity index is 1320. The Morgan fingerprint density at radius 3 is 2.45 bits per heavy atom. The second-order valence-electron chi connectivity index (χ2n) is 10.2. The zero-order chi connectivity index (χ0) is 29.1. The van der Waals surface area contributed by atoms with Crippen LogP contribution in [0.15, 0.2) is 46.9 Å². The first-order valence-electron chi connectivity index (χ1n) is 13.0. The number of hydrogen-bond donors (Lipinski definition) is 1. The Labute approximate surface area is 239 Å². The fourth-order valence-corrected chi connectivity index (χ4v) is 6.31. The van der Waals surface area contributed by atoms with E-state index in [2.05, 4.69) is 22.2 Å². The lowest BCUT2D eigenvalue weighted by Crippen LogP contribution is -2.66. The van der Waals surface area contributed by atoms with Crippen LogP contribution >= 0.6 is 20.2 Å². The van der Waals surface area contributed by atoms with Gasteiger partial charge in [-0.25, -0.2) is 8.78 Å². The Kier molecular flexibility index (Phi) is 9.22. The molecule has 2 fully saturated rings. The minimum atomic E-state index is -2.55. The highest BCUT2D eigenvalue weighted by Gasteiger charge is 2.62. The molecule has 2 heterocycles. The van der Waals surface area contributed by atoms with Gasteiger partial charge in [0.15, 0.2) is 0 Å². The summed E-state index contributed by atoms with van der Waals surface area (Å²) in [6.07, 6.45) is 0.484. The van der Waals surface area contributed by atoms with Gasteiger partial charge >= 0.3 is 6.01 Å². The van der Waals surface area contributed by atoms with Gasteiger partial charge < -0.3 is 24.3 Å². The van der Waals surface area contributed by atoms with Crippen LogP contribution in [0.2, 0.25) is 5.02 Å². The summed E-state index contributed by atoms with van der Waals surface area (Å²) in [5.74, 6) is -2.26. The van der Waals surface area contributed by atoms with E-state index in [1.807, 2.05) is 61.1 Å². The van der Waals surface area contributed by atoms with E-state index in [-0.39, 0.29) is 30.2 Å². The molecule has 12 heteroatoms. The van der Waals surface area contributed by atoms with Crippen molar-refractivity contribution in [3.8, 4) is 11.5 Å². The summed E-state index contributed by atoms with van der Waals surface area (Å²) in [5.41, 5.74) is 2.10. The quantitative estimate of drug-likeness (QED) is 0.354. The number of nitrogens with zero attached hydrogens (tertiary/aromatic N) is 4. The highest BCUT2D eigenvalue weighted by Crippen LogP contribution is 2.57. The lowest BCUT2D eigenvalue weighted by atomic mass is 9.61. The van der Waals surface area contributed by atoms with E-state index in [9.17, 15) is 13.6 Å². The number of benzene rings is 2. The molecular weight excluding hydrogens is 559 g/mol. The van der Waals surface area contributed by atoms with Crippen molar-refractivity contribution >= 4 is 49.9 Å². The van der Waals surface area contributed by atoms with E-state index in [1.54, 1.807) is 11.9 Å². The van der Waals surface area contributed by atoms with Crippen molar-refractivity contribution in [2.24, 2.45) is 5.41 Å². The smallest absolute Gasteiger partial charge is 0.318 e. The first-order chi connectivity index (χ1) is 19.2. The number of carbonyl (C=O) groups is 2. The van der Waals surface area contributed by atoms with Crippen molar-refractivity contribution in [3.05, 3.63) is 53.1 Å². The first-order valence-corrected chi connectivity index (χ1v) is 14.8. The molecule has 1 aliphatic heterocycles. The zero-order valence-electron chi connectivity index (χ0n) is 22.7. The maximum absolute atomic E-state index is 13.7. The average molecular weight is 592 g/mol. The summed E-state index contributed by atoms with van der Waals surface area (Å²) in [5, 5.41) is 13.2. The van der Waals surface area contributed by atoms with E-state index in [0.717, 1.165) is 16.6 Å². The van der Waals surface area contributed by atoms with Crippen LogP contribution in [0.1, 0.15) is 31.7 Å². The number of hydrogen-bond acceptors (Lipinski definition) is 7. The second kappa shape index (κ2) is 12.3. The number of anilines is 2. The molecular formula is C28H33ClF2N5O3P. The van der Waals surface area contributed by atoms with Gasteiger partial charge in [-0.05, 0) is 55.3 Å². The van der Waals surface area contributed by atoms with Crippen LogP contribution in [0.3, 0.4) is 0 Å². The molecule has 1 saturated carbocycles. The maximum Gasteiger partial charge on any atom is 0.318 e. The molecule has 1 saturated heterocycles. The van der Waals surface area contributed by atoms with Crippen molar-refractivity contribution in [3.63, 3.8) is 0 Å². The molecule has 214 valence electrons. The van der Waals surface area contributed by atoms with Crippen LogP contribution in [0.25, 0.3) is 11.5 Å². The molecule has 1 unspecified atom stereocenters. The summed E-state index contributed by atoms with van der Waals surface area (Å²) in [7, 11) is 2.24. The fraction of sp³-hybridized carbons (Fsp3) is 0.429. The summed E-state index contributed by atoms with van der Waals surface area (Å²) in [6, 6.07) is 13.3. The number of carbonyl (C=O) groups excluding carboxylic acids is 2. The lowest BCUT2D eigenvalue weighted by Gasteiger charge is -2.57. The summed E-state index contributed by atoms with van der Waals surface area (Å²) in [6.45, 7) is 7.43. The minimum Gasteiger partial charge on any atom is -0.403 e. The summed E-state index contributed by atoms with van der Waals surface area (Å²) < 4.78 is 32.7. The maximum atomic E-state index is 13.7. The van der Waals surface area contributed by atoms with Gasteiger partial charge in [0.05, 0.1) is 18.3 Å². The van der Waals surface area contributed by atoms with Crippen molar-refractivity contribution in [1.82, 2.24) is 15.5 Å². The van der Waals surface area contributed by atoms with Gasteiger partial charge in [0.25, 0.3) is 0 Å². The number of likely N-dealkylation sites (N-methyl/N-ethyl adjacent to an activating group) is 1. The summed E-state index contributed by atoms with van der Waals surface area (Å²) in [4.78, 5) is 25.4. The minimum absolute atomic E-state index is 0.0315. The third-order valence-electron chi connectivity index (χ3n) is 7.38. The average Bonchev–Trinajstić information content (AvgIpc) is 3.41. The van der Waals surface area contributed by atoms with Gasteiger partial charge in [-0.15, -0.1) is 5.10 Å². The molecule has 5 rings (SSSR count). The first kappa shape index (κ1) is 30.0. The zero-order valence-corrected chi connectivity index (χ0v) is 24.5. The number of nitrogens with one attached hydrogen (secondary N) is 1. The number of aromatic nitrogens is 2. The lowest BCUT2D eigenvalue weighted by molar-refractivity contribution is -0.170. The number of amides is 1. The topological polar surface area (TPSA) is 91.6 Å². The molecule has 1 amide bonds. The van der Waals surface area contributed by atoms with Gasteiger partial charge in [0, 0.05) is 41.9 Å². The molecule has 1 aromatic heterocycles. The van der Waals surface area contributed by atoms with Crippen molar-refractivity contribution in [2.45, 2.75) is 44.7 Å².